The second-order valence-electron chi connectivity index (χ2n) is 6.44. The van der Waals surface area contributed by atoms with Crippen molar-refractivity contribution in [1.29, 1.82) is 0 Å². The Labute approximate surface area is 127 Å². The standard InChI is InChI=1S/C18H26N2O/c21-18(19-16-6-2-1-3-7-16)14-15-8-10-17(11-9-15)20-12-4-5-13-20/h8-11,16H,1-7,12-14H2,(H,19,21). The summed E-state index contributed by atoms with van der Waals surface area (Å²) in [5.41, 5.74) is 2.41. The van der Waals surface area contributed by atoms with E-state index in [0.29, 0.717) is 12.5 Å². The van der Waals surface area contributed by atoms with Gasteiger partial charge in [0, 0.05) is 24.8 Å². The molecule has 1 aromatic carbocycles. The molecule has 1 aliphatic heterocycles. The molecule has 1 saturated carbocycles. The average molecular weight is 286 g/mol. The van der Waals surface area contributed by atoms with Crippen LogP contribution in [0.2, 0.25) is 0 Å². The average Bonchev–Trinajstić information content (AvgIpc) is 3.03. The monoisotopic (exact) mass is 286 g/mol. The summed E-state index contributed by atoms with van der Waals surface area (Å²) >= 11 is 0. The van der Waals surface area contributed by atoms with Gasteiger partial charge in [-0.05, 0) is 43.4 Å². The molecule has 1 aromatic rings. The molecule has 1 amide bonds. The van der Waals surface area contributed by atoms with Gasteiger partial charge in [-0.1, -0.05) is 31.4 Å². The number of benzene rings is 1. The van der Waals surface area contributed by atoms with Crippen molar-refractivity contribution in [3.8, 4) is 0 Å². The van der Waals surface area contributed by atoms with Crippen LogP contribution in [-0.2, 0) is 11.2 Å². The highest BCUT2D eigenvalue weighted by Crippen LogP contribution is 2.21. The van der Waals surface area contributed by atoms with E-state index < -0.39 is 0 Å². The summed E-state index contributed by atoms with van der Waals surface area (Å²) in [6, 6.07) is 8.95. The minimum Gasteiger partial charge on any atom is -0.372 e. The fourth-order valence-electron chi connectivity index (χ4n) is 3.51. The van der Waals surface area contributed by atoms with Gasteiger partial charge in [-0.2, -0.15) is 0 Å². The molecule has 0 radical (unpaired) electrons. The maximum atomic E-state index is 12.1. The molecule has 2 fully saturated rings. The number of nitrogens with one attached hydrogen (secondary N) is 1. The molecular weight excluding hydrogens is 260 g/mol. The number of carbonyl (C=O) groups is 1. The fourth-order valence-corrected chi connectivity index (χ4v) is 3.51. The molecule has 3 rings (SSSR count). The summed E-state index contributed by atoms with van der Waals surface area (Å²) < 4.78 is 0. The lowest BCUT2D eigenvalue weighted by atomic mass is 9.95. The van der Waals surface area contributed by atoms with Gasteiger partial charge in [-0.25, -0.2) is 0 Å². The van der Waals surface area contributed by atoms with E-state index in [1.807, 2.05) is 0 Å². The Morgan fingerprint density at radius 1 is 1.00 bits per heavy atom. The molecule has 1 saturated heterocycles. The van der Waals surface area contributed by atoms with Crippen LogP contribution in [0.4, 0.5) is 5.69 Å². The first kappa shape index (κ1) is 14.4. The number of hydrogen-bond donors (Lipinski definition) is 1. The van der Waals surface area contributed by atoms with Crippen LogP contribution in [0.1, 0.15) is 50.5 Å². The van der Waals surface area contributed by atoms with Gasteiger partial charge in [-0.3, -0.25) is 4.79 Å². The maximum absolute atomic E-state index is 12.1. The molecule has 0 atom stereocenters. The van der Waals surface area contributed by atoms with Gasteiger partial charge in [0.15, 0.2) is 0 Å². The lowest BCUT2D eigenvalue weighted by molar-refractivity contribution is -0.121. The summed E-state index contributed by atoms with van der Waals surface area (Å²) in [4.78, 5) is 14.5. The van der Waals surface area contributed by atoms with Crippen LogP contribution in [0.15, 0.2) is 24.3 Å². The molecule has 0 aromatic heterocycles. The van der Waals surface area contributed by atoms with Crippen LogP contribution in [0.25, 0.3) is 0 Å². The second-order valence-corrected chi connectivity index (χ2v) is 6.44. The number of nitrogens with zero attached hydrogens (tertiary/aromatic N) is 1. The van der Waals surface area contributed by atoms with Crippen molar-refractivity contribution in [3.05, 3.63) is 29.8 Å². The van der Waals surface area contributed by atoms with Gasteiger partial charge in [0.2, 0.25) is 5.91 Å². The molecule has 114 valence electrons. The molecule has 2 aliphatic rings. The Bertz CT molecular complexity index is 457. The predicted molar refractivity (Wildman–Crippen MR) is 86.6 cm³/mol. The van der Waals surface area contributed by atoms with Crippen molar-refractivity contribution >= 4 is 11.6 Å². The largest absolute Gasteiger partial charge is 0.372 e. The Morgan fingerprint density at radius 2 is 1.67 bits per heavy atom. The van der Waals surface area contributed by atoms with E-state index in [1.54, 1.807) is 0 Å². The molecular formula is C18H26N2O. The zero-order valence-corrected chi connectivity index (χ0v) is 12.8. The van der Waals surface area contributed by atoms with Gasteiger partial charge < -0.3 is 10.2 Å². The number of hydrogen-bond acceptors (Lipinski definition) is 2. The highest BCUT2D eigenvalue weighted by Gasteiger charge is 2.16. The first-order valence-electron chi connectivity index (χ1n) is 8.44. The van der Waals surface area contributed by atoms with Crippen molar-refractivity contribution in [1.82, 2.24) is 5.32 Å². The van der Waals surface area contributed by atoms with Gasteiger partial charge in [0.05, 0.1) is 6.42 Å². The molecule has 1 aliphatic carbocycles. The summed E-state index contributed by atoms with van der Waals surface area (Å²) in [5, 5.41) is 3.19. The Balaban J connectivity index is 1.50. The number of amides is 1. The number of rotatable bonds is 4. The second kappa shape index (κ2) is 6.97. The third-order valence-electron chi connectivity index (χ3n) is 4.74. The first-order chi connectivity index (χ1) is 10.3. The van der Waals surface area contributed by atoms with E-state index >= 15 is 0 Å². The fraction of sp³-hybridized carbons (Fsp3) is 0.611. The van der Waals surface area contributed by atoms with E-state index in [2.05, 4.69) is 34.5 Å². The molecule has 1 N–H and O–H groups in total. The van der Waals surface area contributed by atoms with E-state index in [9.17, 15) is 4.79 Å². The first-order valence-corrected chi connectivity index (χ1v) is 8.44. The third-order valence-corrected chi connectivity index (χ3v) is 4.74. The molecule has 0 unspecified atom stereocenters. The summed E-state index contributed by atoms with van der Waals surface area (Å²) in [7, 11) is 0. The molecule has 0 spiro atoms. The minimum atomic E-state index is 0.177. The number of carbonyl (C=O) groups excluding carboxylic acids is 1. The SMILES string of the molecule is O=C(Cc1ccc(N2CCCC2)cc1)NC1CCCCC1. The van der Waals surface area contributed by atoms with Crippen LogP contribution in [0, 0.1) is 0 Å². The van der Waals surface area contributed by atoms with Crippen molar-refractivity contribution in [2.45, 2.75) is 57.4 Å². The van der Waals surface area contributed by atoms with Crippen LogP contribution in [0.5, 0.6) is 0 Å². The van der Waals surface area contributed by atoms with E-state index in [-0.39, 0.29) is 5.91 Å². The smallest absolute Gasteiger partial charge is 0.224 e. The minimum absolute atomic E-state index is 0.177. The van der Waals surface area contributed by atoms with Crippen LogP contribution >= 0.6 is 0 Å². The molecule has 21 heavy (non-hydrogen) atoms. The normalized spacial score (nSPS) is 19.7. The molecule has 3 heteroatoms. The van der Waals surface area contributed by atoms with Crippen molar-refractivity contribution in [2.75, 3.05) is 18.0 Å². The van der Waals surface area contributed by atoms with Crippen LogP contribution in [-0.4, -0.2) is 25.0 Å². The van der Waals surface area contributed by atoms with Crippen molar-refractivity contribution < 1.29 is 4.79 Å². The molecule has 3 nitrogen and oxygen atoms in total. The zero-order chi connectivity index (χ0) is 14.5. The van der Waals surface area contributed by atoms with Gasteiger partial charge in [-0.15, -0.1) is 0 Å². The quantitative estimate of drug-likeness (QED) is 0.921. The summed E-state index contributed by atoms with van der Waals surface area (Å²) in [6.45, 7) is 2.34. The van der Waals surface area contributed by atoms with E-state index in [0.717, 1.165) is 18.4 Å². The van der Waals surface area contributed by atoms with Crippen molar-refractivity contribution in [3.63, 3.8) is 0 Å². The third kappa shape index (κ3) is 3.99. The highest BCUT2D eigenvalue weighted by molar-refractivity contribution is 5.79. The maximum Gasteiger partial charge on any atom is 0.224 e. The Kier molecular flexibility index (Phi) is 4.79. The zero-order valence-electron chi connectivity index (χ0n) is 12.8. The van der Waals surface area contributed by atoms with Gasteiger partial charge in [0.25, 0.3) is 0 Å². The van der Waals surface area contributed by atoms with Crippen LogP contribution in [0.3, 0.4) is 0 Å². The van der Waals surface area contributed by atoms with E-state index in [1.165, 1.54) is 50.9 Å². The van der Waals surface area contributed by atoms with Crippen molar-refractivity contribution in [2.24, 2.45) is 0 Å². The summed E-state index contributed by atoms with van der Waals surface area (Å²) in [6.07, 6.45) is 9.25. The number of anilines is 1. The molecule has 0 bridgehead atoms. The van der Waals surface area contributed by atoms with E-state index in [4.69, 9.17) is 0 Å². The lowest BCUT2D eigenvalue weighted by Crippen LogP contribution is -2.37. The van der Waals surface area contributed by atoms with Crippen LogP contribution < -0.4 is 10.2 Å². The lowest BCUT2D eigenvalue weighted by Gasteiger charge is -2.23. The predicted octanol–water partition coefficient (Wildman–Crippen LogP) is 3.28. The topological polar surface area (TPSA) is 32.3 Å². The Morgan fingerprint density at radius 3 is 2.33 bits per heavy atom. The summed E-state index contributed by atoms with van der Waals surface area (Å²) in [5.74, 6) is 0.177. The van der Waals surface area contributed by atoms with Gasteiger partial charge in [0.1, 0.15) is 0 Å². The Hall–Kier alpha value is -1.51. The highest BCUT2D eigenvalue weighted by atomic mass is 16.1. The van der Waals surface area contributed by atoms with Gasteiger partial charge >= 0.3 is 0 Å². The molecule has 1 heterocycles.